The number of hydrogen-bond acceptors (Lipinski definition) is 3. The highest BCUT2D eigenvalue weighted by Crippen LogP contribution is 2.04. The third kappa shape index (κ3) is 1.00. The molecule has 0 atom stereocenters. The van der Waals surface area contributed by atoms with Gasteiger partial charge in [-0.3, -0.25) is 0 Å². The predicted octanol–water partition coefficient (Wildman–Crippen LogP) is 0.0374. The maximum atomic E-state index is 10.7. The second-order valence-electron chi connectivity index (χ2n) is 2.12. The summed E-state index contributed by atoms with van der Waals surface area (Å²) in [5.41, 5.74) is 0.959. The summed E-state index contributed by atoms with van der Waals surface area (Å²) in [6, 6.07) is 0. The van der Waals surface area contributed by atoms with Gasteiger partial charge in [-0.2, -0.15) is 0 Å². The quantitative estimate of drug-likeness (QED) is 0.408. The molecule has 4 nitrogen and oxygen atoms in total. The number of aromatic nitrogens is 2. The van der Waals surface area contributed by atoms with Crippen molar-refractivity contribution in [2.75, 3.05) is 0 Å². The molecule has 1 N–H and O–H groups in total. The van der Waals surface area contributed by atoms with Crippen molar-refractivity contribution in [3.8, 4) is 5.88 Å². The van der Waals surface area contributed by atoms with Crippen LogP contribution in [-0.4, -0.2) is 10.1 Å². The highest BCUT2D eigenvalue weighted by Gasteiger charge is 2.07. The number of aryl methyl sites for hydroxylation is 2. The van der Waals surface area contributed by atoms with Crippen LogP contribution in [0.2, 0.25) is 0 Å². The van der Waals surface area contributed by atoms with Crippen molar-refractivity contribution in [1.82, 2.24) is 4.98 Å². The van der Waals surface area contributed by atoms with Gasteiger partial charge < -0.3 is 10.3 Å². The molecule has 54 valence electrons. The Morgan fingerprint density at radius 2 is 2.20 bits per heavy atom. The molecule has 0 saturated carbocycles. The van der Waals surface area contributed by atoms with Crippen LogP contribution in [0.4, 0.5) is 0 Å². The van der Waals surface area contributed by atoms with E-state index in [1.54, 1.807) is 13.8 Å². The van der Waals surface area contributed by atoms with Crippen LogP contribution < -0.4 is 4.73 Å². The number of aromatic hydroxyl groups is 1. The van der Waals surface area contributed by atoms with Crippen LogP contribution in [0.25, 0.3) is 0 Å². The van der Waals surface area contributed by atoms with E-state index in [-0.39, 0.29) is 5.88 Å². The number of nitrogens with zero attached hydrogens (tertiary/aromatic N) is 2. The molecule has 0 bridgehead atoms. The van der Waals surface area contributed by atoms with Gasteiger partial charge in [-0.15, -0.1) is 4.73 Å². The minimum absolute atomic E-state index is 0.328. The molecule has 1 rings (SSSR count). The number of hydrogen-bond donors (Lipinski definition) is 1. The molecule has 0 aromatic carbocycles. The lowest BCUT2D eigenvalue weighted by atomic mass is 10.4. The van der Waals surface area contributed by atoms with Crippen molar-refractivity contribution in [1.29, 1.82) is 0 Å². The molecule has 0 spiro atoms. The smallest absolute Gasteiger partial charge is 0.398 e. The minimum Gasteiger partial charge on any atom is -0.616 e. The lowest BCUT2D eigenvalue weighted by Crippen LogP contribution is -2.27. The van der Waals surface area contributed by atoms with Crippen molar-refractivity contribution in [2.45, 2.75) is 13.8 Å². The summed E-state index contributed by atoms with van der Waals surface area (Å²) in [5, 5.41) is 19.6. The van der Waals surface area contributed by atoms with Crippen molar-refractivity contribution in [3.63, 3.8) is 0 Å². The van der Waals surface area contributed by atoms with Crippen molar-refractivity contribution in [3.05, 3.63) is 22.8 Å². The van der Waals surface area contributed by atoms with Crippen molar-refractivity contribution < 1.29 is 9.84 Å². The SMILES string of the molecule is Cc1c[n+]([O-])c(O)c(C)n1. The van der Waals surface area contributed by atoms with E-state index in [0.717, 1.165) is 0 Å². The van der Waals surface area contributed by atoms with E-state index in [1.807, 2.05) is 0 Å². The van der Waals surface area contributed by atoms with Gasteiger partial charge in [-0.05, 0) is 13.8 Å². The molecule has 4 heteroatoms. The van der Waals surface area contributed by atoms with E-state index in [1.165, 1.54) is 6.20 Å². The lowest BCUT2D eigenvalue weighted by molar-refractivity contribution is -0.614. The summed E-state index contributed by atoms with van der Waals surface area (Å²) >= 11 is 0. The molecule has 1 aromatic heterocycles. The standard InChI is InChI=1S/C6H8N2O2/c1-4-3-8(10)6(9)5(2)7-4/h3,9H,1-2H3. The average Bonchev–Trinajstić information content (AvgIpc) is 1.82. The largest absolute Gasteiger partial charge is 0.616 e. The first-order valence-electron chi connectivity index (χ1n) is 2.87. The van der Waals surface area contributed by atoms with Crippen LogP contribution in [0.3, 0.4) is 0 Å². The van der Waals surface area contributed by atoms with Crippen molar-refractivity contribution >= 4 is 0 Å². The van der Waals surface area contributed by atoms with Crippen molar-refractivity contribution in [2.24, 2.45) is 0 Å². The molecule has 0 unspecified atom stereocenters. The zero-order valence-corrected chi connectivity index (χ0v) is 5.83. The first-order chi connectivity index (χ1) is 4.61. The summed E-state index contributed by atoms with van der Waals surface area (Å²) in [5.74, 6) is -0.328. The topological polar surface area (TPSA) is 60.1 Å². The Labute approximate surface area is 58.4 Å². The Morgan fingerprint density at radius 3 is 2.70 bits per heavy atom. The van der Waals surface area contributed by atoms with E-state index in [9.17, 15) is 5.21 Å². The third-order valence-corrected chi connectivity index (χ3v) is 1.18. The van der Waals surface area contributed by atoms with E-state index in [0.29, 0.717) is 16.1 Å². The molecule has 0 amide bonds. The fraction of sp³-hybridized carbons (Fsp3) is 0.333. The highest BCUT2D eigenvalue weighted by molar-refractivity contribution is 5.09. The number of rotatable bonds is 0. The maximum Gasteiger partial charge on any atom is 0.398 e. The maximum absolute atomic E-state index is 10.7. The fourth-order valence-corrected chi connectivity index (χ4v) is 0.734. The first kappa shape index (κ1) is 6.80. The van der Waals surface area contributed by atoms with Crippen LogP contribution in [-0.2, 0) is 0 Å². The van der Waals surface area contributed by atoms with E-state index in [2.05, 4.69) is 4.98 Å². The molecule has 0 aliphatic heterocycles. The van der Waals surface area contributed by atoms with Gasteiger partial charge >= 0.3 is 5.88 Å². The van der Waals surface area contributed by atoms with Gasteiger partial charge in [0.15, 0.2) is 5.69 Å². The molecule has 1 aromatic rings. The van der Waals surface area contributed by atoms with Gasteiger partial charge in [-0.25, -0.2) is 4.98 Å². The van der Waals surface area contributed by atoms with E-state index in [4.69, 9.17) is 5.11 Å². The predicted molar refractivity (Wildman–Crippen MR) is 34.3 cm³/mol. The fourth-order valence-electron chi connectivity index (χ4n) is 0.734. The van der Waals surface area contributed by atoms with Crippen LogP contribution in [0.5, 0.6) is 5.88 Å². The summed E-state index contributed by atoms with van der Waals surface area (Å²) < 4.78 is 0.400. The molecular formula is C6H8N2O2. The van der Waals surface area contributed by atoms with Crippen LogP contribution in [0.15, 0.2) is 6.20 Å². The highest BCUT2D eigenvalue weighted by atomic mass is 16.5. The van der Waals surface area contributed by atoms with Crippen LogP contribution in [0.1, 0.15) is 11.4 Å². The Kier molecular flexibility index (Phi) is 1.45. The Hall–Kier alpha value is -1.32. The molecular weight excluding hydrogens is 132 g/mol. The molecule has 0 aliphatic carbocycles. The second-order valence-corrected chi connectivity index (χ2v) is 2.12. The lowest BCUT2D eigenvalue weighted by Gasteiger charge is -2.00. The van der Waals surface area contributed by atoms with Gasteiger partial charge in [-0.1, -0.05) is 0 Å². The zero-order chi connectivity index (χ0) is 7.72. The van der Waals surface area contributed by atoms with Crippen LogP contribution >= 0.6 is 0 Å². The Bertz CT molecular complexity index is 237. The van der Waals surface area contributed by atoms with Gasteiger partial charge in [0, 0.05) is 0 Å². The van der Waals surface area contributed by atoms with Crippen LogP contribution in [0, 0.1) is 19.1 Å². The molecule has 1 heterocycles. The van der Waals surface area contributed by atoms with Gasteiger partial charge in [0.25, 0.3) is 0 Å². The second kappa shape index (κ2) is 2.13. The Morgan fingerprint density at radius 1 is 1.60 bits per heavy atom. The summed E-state index contributed by atoms with van der Waals surface area (Å²) in [4.78, 5) is 3.86. The monoisotopic (exact) mass is 140 g/mol. The van der Waals surface area contributed by atoms with Gasteiger partial charge in [0.05, 0.1) is 0 Å². The molecule has 0 aliphatic rings. The third-order valence-electron chi connectivity index (χ3n) is 1.18. The van der Waals surface area contributed by atoms with Gasteiger partial charge in [0.1, 0.15) is 5.69 Å². The molecule has 0 saturated heterocycles. The summed E-state index contributed by atoms with van der Waals surface area (Å²) in [6.07, 6.45) is 1.22. The van der Waals surface area contributed by atoms with E-state index < -0.39 is 0 Å². The van der Waals surface area contributed by atoms with E-state index >= 15 is 0 Å². The first-order valence-corrected chi connectivity index (χ1v) is 2.87. The molecule has 10 heavy (non-hydrogen) atoms. The Balaban J connectivity index is 3.31. The minimum atomic E-state index is -0.328. The average molecular weight is 140 g/mol. The normalized spacial score (nSPS) is 9.80. The zero-order valence-electron chi connectivity index (χ0n) is 5.83. The van der Waals surface area contributed by atoms with Gasteiger partial charge in [0.2, 0.25) is 6.20 Å². The molecule has 0 fully saturated rings. The molecule has 0 radical (unpaired) electrons. The summed E-state index contributed by atoms with van der Waals surface area (Å²) in [7, 11) is 0. The summed E-state index contributed by atoms with van der Waals surface area (Å²) in [6.45, 7) is 3.28.